The molecule has 1 aromatic carbocycles. The summed E-state index contributed by atoms with van der Waals surface area (Å²) in [4.78, 5) is 23.3. The lowest BCUT2D eigenvalue weighted by atomic mass is 9.79. The van der Waals surface area contributed by atoms with E-state index in [-0.39, 0.29) is 17.5 Å². The molecule has 1 saturated carbocycles. The molecule has 3 atom stereocenters. The van der Waals surface area contributed by atoms with Gasteiger partial charge in [-0.2, -0.15) is 4.39 Å². The van der Waals surface area contributed by atoms with Gasteiger partial charge in [-0.25, -0.2) is 13.6 Å². The summed E-state index contributed by atoms with van der Waals surface area (Å²) < 4.78 is 45.8. The van der Waals surface area contributed by atoms with Gasteiger partial charge in [-0.15, -0.1) is 0 Å². The largest absolute Gasteiger partial charge is 0.493 e. The number of allylic oxidation sites excluding steroid dienone is 1. The molecule has 0 bridgehead atoms. The molecular formula is C15H11F3O4. The summed E-state index contributed by atoms with van der Waals surface area (Å²) in [5, 5.41) is 9.09. The Morgan fingerprint density at radius 2 is 2.05 bits per heavy atom. The number of aliphatic carboxylic acids is 1. The van der Waals surface area contributed by atoms with Gasteiger partial charge in [-0.1, -0.05) is 6.08 Å². The number of carbonyl (C=O) groups is 2. The Morgan fingerprint density at radius 1 is 1.41 bits per heavy atom. The average Bonchev–Trinajstić information content (AvgIpc) is 3.18. The first-order chi connectivity index (χ1) is 10.4. The van der Waals surface area contributed by atoms with Crippen molar-refractivity contribution in [1.29, 1.82) is 0 Å². The van der Waals surface area contributed by atoms with E-state index in [1.54, 1.807) is 0 Å². The van der Waals surface area contributed by atoms with E-state index in [0.717, 1.165) is 13.2 Å². The summed E-state index contributed by atoms with van der Waals surface area (Å²) in [6, 6.07) is 0.647. The second kappa shape index (κ2) is 4.86. The number of ether oxygens (including phenoxy) is 1. The van der Waals surface area contributed by atoms with Crippen LogP contribution in [0.4, 0.5) is 13.2 Å². The van der Waals surface area contributed by atoms with E-state index in [1.807, 2.05) is 0 Å². The number of benzene rings is 1. The molecule has 1 fully saturated rings. The first-order valence-electron chi connectivity index (χ1n) is 6.56. The topological polar surface area (TPSA) is 63.6 Å². The first kappa shape index (κ1) is 14.6. The van der Waals surface area contributed by atoms with Crippen LogP contribution in [0.3, 0.4) is 0 Å². The predicted molar refractivity (Wildman–Crippen MR) is 68.7 cm³/mol. The highest BCUT2D eigenvalue weighted by atomic mass is 19.2. The molecule has 1 unspecified atom stereocenters. The number of carbonyl (C=O) groups excluding carboxylic acids is 1. The number of hydrogen-bond donors (Lipinski definition) is 1. The highest BCUT2D eigenvalue weighted by molar-refractivity contribution is 6.25. The number of ketones is 1. The zero-order valence-electron chi connectivity index (χ0n) is 11.4. The van der Waals surface area contributed by atoms with Crippen molar-refractivity contribution in [2.45, 2.75) is 18.5 Å². The fourth-order valence-corrected chi connectivity index (χ4v) is 2.88. The van der Waals surface area contributed by atoms with Gasteiger partial charge in [0.25, 0.3) is 0 Å². The van der Waals surface area contributed by atoms with Crippen LogP contribution >= 0.6 is 0 Å². The van der Waals surface area contributed by atoms with Crippen LogP contribution in [0.15, 0.2) is 17.7 Å². The van der Waals surface area contributed by atoms with E-state index in [2.05, 4.69) is 0 Å². The highest BCUT2D eigenvalue weighted by Gasteiger charge is 2.48. The standard InChI is InChI=1S/C15H11F3O4/c1-22-14-11-6(5-3-9(5)16)2-8(15(20)21)13(19)7(11)4-10(17)12(14)18/h2,4-6,9H,3H2,1H3,(H,20,21)/t5-,6?,9-/m0/s1. The Balaban J connectivity index is 2.26. The minimum absolute atomic E-state index is 0.0153. The van der Waals surface area contributed by atoms with E-state index in [1.165, 1.54) is 0 Å². The number of methoxy groups -OCH3 is 1. The molecule has 22 heavy (non-hydrogen) atoms. The lowest BCUT2D eigenvalue weighted by molar-refractivity contribution is -0.132. The van der Waals surface area contributed by atoms with Gasteiger partial charge >= 0.3 is 5.97 Å². The summed E-state index contributed by atoms with van der Waals surface area (Å²) in [6.45, 7) is 0. The number of halogens is 3. The molecule has 0 aromatic heterocycles. The van der Waals surface area contributed by atoms with Crippen molar-refractivity contribution in [3.63, 3.8) is 0 Å². The van der Waals surface area contributed by atoms with Gasteiger partial charge in [0.2, 0.25) is 11.6 Å². The van der Waals surface area contributed by atoms with Crippen LogP contribution in [-0.4, -0.2) is 30.1 Å². The molecule has 0 aliphatic heterocycles. The Hall–Kier alpha value is -2.31. The summed E-state index contributed by atoms with van der Waals surface area (Å²) >= 11 is 0. The van der Waals surface area contributed by atoms with Gasteiger partial charge in [-0.05, 0) is 12.5 Å². The number of Topliss-reactive ketones (excluding diaryl/α,β-unsaturated/α-hetero) is 1. The van der Waals surface area contributed by atoms with Crippen molar-refractivity contribution in [2.75, 3.05) is 7.11 Å². The van der Waals surface area contributed by atoms with Crippen LogP contribution < -0.4 is 4.74 Å². The van der Waals surface area contributed by atoms with Gasteiger partial charge < -0.3 is 9.84 Å². The third kappa shape index (κ3) is 2.00. The van der Waals surface area contributed by atoms with Gasteiger partial charge in [0, 0.05) is 23.0 Å². The van der Waals surface area contributed by atoms with Crippen LogP contribution in [0.1, 0.15) is 28.3 Å². The summed E-state index contributed by atoms with van der Waals surface area (Å²) in [5.41, 5.74) is -0.842. The highest BCUT2D eigenvalue weighted by Crippen LogP contribution is 2.52. The number of alkyl halides is 1. The van der Waals surface area contributed by atoms with Crippen molar-refractivity contribution in [2.24, 2.45) is 5.92 Å². The minimum atomic E-state index is -1.49. The second-order valence-electron chi connectivity index (χ2n) is 5.32. The number of carboxylic acids is 1. The second-order valence-corrected chi connectivity index (χ2v) is 5.32. The molecule has 2 aliphatic carbocycles. The fraction of sp³-hybridized carbons (Fsp3) is 0.333. The van der Waals surface area contributed by atoms with Gasteiger partial charge in [-0.3, -0.25) is 4.79 Å². The maximum atomic E-state index is 13.9. The molecule has 7 heteroatoms. The summed E-state index contributed by atoms with van der Waals surface area (Å²) in [7, 11) is 1.11. The van der Waals surface area contributed by atoms with E-state index in [4.69, 9.17) is 9.84 Å². The lowest BCUT2D eigenvalue weighted by Crippen LogP contribution is -2.24. The molecule has 116 valence electrons. The average molecular weight is 312 g/mol. The number of carboxylic acid groups (broad SMARTS) is 1. The lowest BCUT2D eigenvalue weighted by Gasteiger charge is -2.25. The maximum Gasteiger partial charge on any atom is 0.339 e. The Morgan fingerprint density at radius 3 is 2.55 bits per heavy atom. The van der Waals surface area contributed by atoms with E-state index in [0.29, 0.717) is 6.07 Å². The van der Waals surface area contributed by atoms with Crippen LogP contribution in [-0.2, 0) is 4.79 Å². The first-order valence-corrected chi connectivity index (χ1v) is 6.56. The molecule has 4 nitrogen and oxygen atoms in total. The van der Waals surface area contributed by atoms with Crippen LogP contribution in [0.5, 0.6) is 5.75 Å². The quantitative estimate of drug-likeness (QED) is 0.872. The molecule has 2 aliphatic rings. The minimum Gasteiger partial charge on any atom is -0.493 e. The molecule has 0 radical (unpaired) electrons. The Labute approximate surface area is 123 Å². The Kier molecular flexibility index (Phi) is 3.23. The van der Waals surface area contributed by atoms with Crippen molar-refractivity contribution in [1.82, 2.24) is 0 Å². The number of rotatable bonds is 3. The Bertz CT molecular complexity index is 726. The molecule has 0 spiro atoms. The molecule has 3 rings (SSSR count). The van der Waals surface area contributed by atoms with E-state index in [9.17, 15) is 22.8 Å². The van der Waals surface area contributed by atoms with Crippen LogP contribution in [0.2, 0.25) is 0 Å². The molecule has 1 N–H and O–H groups in total. The van der Waals surface area contributed by atoms with Gasteiger partial charge in [0.15, 0.2) is 11.6 Å². The third-order valence-corrected chi connectivity index (χ3v) is 4.04. The SMILES string of the molecule is COc1c(F)c(F)cc2c1C([C@@H]1C[C@@H]1F)C=C(C(=O)O)C2=O. The van der Waals surface area contributed by atoms with Gasteiger partial charge in [0.05, 0.1) is 7.11 Å². The van der Waals surface area contributed by atoms with Crippen LogP contribution in [0.25, 0.3) is 0 Å². The summed E-state index contributed by atoms with van der Waals surface area (Å²) in [5.74, 6) is -6.90. The normalized spacial score (nSPS) is 26.3. The van der Waals surface area contributed by atoms with Crippen molar-refractivity contribution in [3.8, 4) is 5.75 Å². The van der Waals surface area contributed by atoms with E-state index < -0.39 is 52.7 Å². The monoisotopic (exact) mass is 312 g/mol. The molecule has 0 amide bonds. The molecular weight excluding hydrogens is 301 g/mol. The fourth-order valence-electron chi connectivity index (χ4n) is 2.88. The van der Waals surface area contributed by atoms with Crippen molar-refractivity contribution < 1.29 is 32.6 Å². The third-order valence-electron chi connectivity index (χ3n) is 4.04. The van der Waals surface area contributed by atoms with Crippen LogP contribution in [0, 0.1) is 17.6 Å². The zero-order chi connectivity index (χ0) is 16.2. The number of fused-ring (bicyclic) bond motifs is 1. The predicted octanol–water partition coefficient (Wildman–Crippen LogP) is 2.62. The number of hydrogen-bond acceptors (Lipinski definition) is 3. The maximum absolute atomic E-state index is 13.9. The zero-order valence-corrected chi connectivity index (χ0v) is 11.4. The van der Waals surface area contributed by atoms with E-state index >= 15 is 0 Å². The molecule has 0 heterocycles. The van der Waals surface area contributed by atoms with Gasteiger partial charge in [0.1, 0.15) is 11.7 Å². The molecule has 1 aromatic rings. The van der Waals surface area contributed by atoms with Crippen molar-refractivity contribution in [3.05, 3.63) is 40.5 Å². The van der Waals surface area contributed by atoms with Crippen molar-refractivity contribution >= 4 is 11.8 Å². The summed E-state index contributed by atoms with van der Waals surface area (Å²) in [6.07, 6.45) is 0.108. The molecule has 0 saturated heterocycles. The smallest absolute Gasteiger partial charge is 0.339 e.